The fourth-order valence-corrected chi connectivity index (χ4v) is 4.87. The van der Waals surface area contributed by atoms with E-state index in [1.807, 2.05) is 76.2 Å². The van der Waals surface area contributed by atoms with E-state index in [1.165, 1.54) is 11.3 Å². The molecule has 0 fully saturated rings. The zero-order valence-corrected chi connectivity index (χ0v) is 20.5. The highest BCUT2D eigenvalue weighted by atomic mass is 32.1. The van der Waals surface area contributed by atoms with Crippen molar-refractivity contribution in [2.24, 2.45) is 0 Å². The highest BCUT2D eigenvalue weighted by molar-refractivity contribution is 7.13. The standard InChI is InChI=1S/C27H27N3O3S/c1-17-12-13-23(18(2)15-17)30(27(32)25-19(3)29-20(4)34-25)24(21-9-6-5-7-10-21)26(31)28-16-22-11-8-14-33-22/h5-15,24H,16H2,1-4H3,(H,28,31). The van der Waals surface area contributed by atoms with Gasteiger partial charge >= 0.3 is 0 Å². The Kier molecular flexibility index (Phi) is 6.93. The zero-order valence-electron chi connectivity index (χ0n) is 19.7. The lowest BCUT2D eigenvalue weighted by atomic mass is 10.0. The molecular weight excluding hydrogens is 446 g/mol. The fourth-order valence-electron chi connectivity index (χ4n) is 4.02. The number of nitrogens with one attached hydrogen (secondary N) is 1. The Labute approximate surface area is 203 Å². The molecule has 1 unspecified atom stereocenters. The lowest BCUT2D eigenvalue weighted by Gasteiger charge is -2.32. The van der Waals surface area contributed by atoms with Gasteiger partial charge in [-0.2, -0.15) is 0 Å². The second-order valence-corrected chi connectivity index (χ2v) is 9.43. The van der Waals surface area contributed by atoms with Crippen LogP contribution in [0.1, 0.15) is 48.9 Å². The molecule has 2 amide bonds. The SMILES string of the molecule is Cc1ccc(N(C(=O)c2sc(C)nc2C)C(C(=O)NCc2ccco2)c2ccccc2)c(C)c1. The first-order valence-corrected chi connectivity index (χ1v) is 11.9. The lowest BCUT2D eigenvalue weighted by Crippen LogP contribution is -2.44. The maximum atomic E-state index is 14.1. The first kappa shape index (κ1) is 23.4. The summed E-state index contributed by atoms with van der Waals surface area (Å²) in [5.41, 5.74) is 4.05. The number of anilines is 1. The van der Waals surface area contributed by atoms with E-state index in [1.54, 1.807) is 23.3 Å². The molecule has 7 heteroatoms. The topological polar surface area (TPSA) is 75.4 Å². The molecule has 0 radical (unpaired) electrons. The number of thiazole rings is 1. The van der Waals surface area contributed by atoms with Crippen LogP contribution in [0.3, 0.4) is 0 Å². The molecule has 0 aliphatic heterocycles. The molecule has 0 aliphatic carbocycles. The summed E-state index contributed by atoms with van der Waals surface area (Å²) in [6.07, 6.45) is 1.57. The first-order valence-electron chi connectivity index (χ1n) is 11.0. The summed E-state index contributed by atoms with van der Waals surface area (Å²) in [6.45, 7) is 7.88. The van der Waals surface area contributed by atoms with Crippen LogP contribution in [0.2, 0.25) is 0 Å². The van der Waals surface area contributed by atoms with E-state index in [0.29, 0.717) is 27.6 Å². The quantitative estimate of drug-likeness (QED) is 0.375. The van der Waals surface area contributed by atoms with E-state index in [0.717, 1.165) is 16.1 Å². The van der Waals surface area contributed by atoms with Crippen LogP contribution in [-0.2, 0) is 11.3 Å². The van der Waals surface area contributed by atoms with Gasteiger partial charge in [0.15, 0.2) is 0 Å². The molecule has 0 spiro atoms. The van der Waals surface area contributed by atoms with E-state index >= 15 is 0 Å². The third kappa shape index (κ3) is 4.94. The Morgan fingerprint density at radius 2 is 1.79 bits per heavy atom. The first-order chi connectivity index (χ1) is 16.3. The minimum atomic E-state index is -0.883. The number of amides is 2. The van der Waals surface area contributed by atoms with Gasteiger partial charge in [0.25, 0.3) is 5.91 Å². The van der Waals surface area contributed by atoms with Crippen LogP contribution in [0.25, 0.3) is 0 Å². The van der Waals surface area contributed by atoms with Crippen molar-refractivity contribution in [2.75, 3.05) is 4.90 Å². The van der Waals surface area contributed by atoms with Gasteiger partial charge in [0, 0.05) is 5.69 Å². The molecule has 0 aliphatic rings. The Bertz CT molecular complexity index is 1300. The fraction of sp³-hybridized carbons (Fsp3) is 0.222. The molecule has 4 aromatic rings. The maximum Gasteiger partial charge on any atom is 0.271 e. The second-order valence-electron chi connectivity index (χ2n) is 8.22. The second kappa shape index (κ2) is 10.1. The predicted molar refractivity (Wildman–Crippen MR) is 134 cm³/mol. The van der Waals surface area contributed by atoms with Crippen molar-refractivity contribution in [3.8, 4) is 0 Å². The van der Waals surface area contributed by atoms with Crippen LogP contribution >= 0.6 is 11.3 Å². The third-order valence-electron chi connectivity index (χ3n) is 5.57. The molecule has 4 rings (SSSR count). The Balaban J connectivity index is 1.84. The number of rotatable bonds is 7. The minimum Gasteiger partial charge on any atom is -0.467 e. The molecule has 0 bridgehead atoms. The number of furan rings is 1. The van der Waals surface area contributed by atoms with E-state index in [-0.39, 0.29) is 18.4 Å². The number of carbonyl (C=O) groups excluding carboxylic acids is 2. The van der Waals surface area contributed by atoms with Gasteiger partial charge in [-0.3, -0.25) is 14.5 Å². The van der Waals surface area contributed by atoms with Crippen LogP contribution in [-0.4, -0.2) is 16.8 Å². The normalized spacial score (nSPS) is 11.8. The van der Waals surface area contributed by atoms with Crippen LogP contribution in [0.15, 0.2) is 71.3 Å². The van der Waals surface area contributed by atoms with E-state index in [2.05, 4.69) is 10.3 Å². The Morgan fingerprint density at radius 1 is 1.03 bits per heavy atom. The van der Waals surface area contributed by atoms with Crippen molar-refractivity contribution < 1.29 is 14.0 Å². The Hall–Kier alpha value is -3.71. The average molecular weight is 474 g/mol. The highest BCUT2D eigenvalue weighted by Crippen LogP contribution is 2.34. The largest absolute Gasteiger partial charge is 0.467 e. The highest BCUT2D eigenvalue weighted by Gasteiger charge is 2.35. The van der Waals surface area contributed by atoms with Crippen molar-refractivity contribution in [3.63, 3.8) is 0 Å². The number of aromatic nitrogens is 1. The minimum absolute atomic E-state index is 0.225. The summed E-state index contributed by atoms with van der Waals surface area (Å²) < 4.78 is 5.38. The number of hydrogen-bond donors (Lipinski definition) is 1. The summed E-state index contributed by atoms with van der Waals surface area (Å²) in [5.74, 6) is 0.0883. The molecule has 0 saturated heterocycles. The number of aryl methyl sites for hydroxylation is 4. The molecule has 2 aromatic carbocycles. The van der Waals surface area contributed by atoms with Crippen molar-refractivity contribution in [1.82, 2.24) is 10.3 Å². The van der Waals surface area contributed by atoms with Crippen LogP contribution < -0.4 is 10.2 Å². The molecule has 1 atom stereocenters. The molecule has 2 aromatic heterocycles. The Morgan fingerprint density at radius 3 is 2.41 bits per heavy atom. The molecule has 174 valence electrons. The van der Waals surface area contributed by atoms with Crippen LogP contribution in [0.5, 0.6) is 0 Å². The van der Waals surface area contributed by atoms with Crippen molar-refractivity contribution >= 4 is 28.8 Å². The predicted octanol–water partition coefficient (Wildman–Crippen LogP) is 5.67. The zero-order chi connectivity index (χ0) is 24.2. The van der Waals surface area contributed by atoms with E-state index < -0.39 is 6.04 Å². The third-order valence-corrected chi connectivity index (χ3v) is 6.63. The summed E-state index contributed by atoms with van der Waals surface area (Å²) in [5, 5.41) is 3.76. The van der Waals surface area contributed by atoms with Crippen LogP contribution in [0, 0.1) is 27.7 Å². The van der Waals surface area contributed by atoms with Gasteiger partial charge in [0.2, 0.25) is 5.91 Å². The van der Waals surface area contributed by atoms with Gasteiger partial charge in [0.05, 0.1) is 23.5 Å². The van der Waals surface area contributed by atoms with Gasteiger partial charge in [-0.25, -0.2) is 4.98 Å². The molecule has 0 saturated carbocycles. The lowest BCUT2D eigenvalue weighted by molar-refractivity contribution is -0.122. The van der Waals surface area contributed by atoms with Gasteiger partial charge in [-0.1, -0.05) is 48.0 Å². The number of benzene rings is 2. The average Bonchev–Trinajstić information content (AvgIpc) is 3.45. The maximum absolute atomic E-state index is 14.1. The van der Waals surface area contributed by atoms with Gasteiger partial charge < -0.3 is 9.73 Å². The van der Waals surface area contributed by atoms with Gasteiger partial charge in [-0.05, 0) is 57.0 Å². The van der Waals surface area contributed by atoms with Crippen molar-refractivity contribution in [1.29, 1.82) is 0 Å². The van der Waals surface area contributed by atoms with Crippen molar-refractivity contribution in [3.05, 3.63) is 105 Å². The molecule has 1 N–H and O–H groups in total. The summed E-state index contributed by atoms with van der Waals surface area (Å²) in [6, 6.07) is 17.9. The summed E-state index contributed by atoms with van der Waals surface area (Å²) >= 11 is 1.34. The summed E-state index contributed by atoms with van der Waals surface area (Å²) in [4.78, 5) is 34.3. The number of hydrogen-bond acceptors (Lipinski definition) is 5. The number of nitrogens with zero attached hydrogens (tertiary/aromatic N) is 2. The molecule has 2 heterocycles. The van der Waals surface area contributed by atoms with E-state index in [9.17, 15) is 9.59 Å². The van der Waals surface area contributed by atoms with Gasteiger partial charge in [0.1, 0.15) is 16.7 Å². The monoisotopic (exact) mass is 473 g/mol. The van der Waals surface area contributed by atoms with Crippen molar-refractivity contribution in [2.45, 2.75) is 40.3 Å². The molecule has 34 heavy (non-hydrogen) atoms. The number of carbonyl (C=O) groups is 2. The van der Waals surface area contributed by atoms with Gasteiger partial charge in [-0.15, -0.1) is 11.3 Å². The van der Waals surface area contributed by atoms with E-state index in [4.69, 9.17) is 4.42 Å². The molecular formula is C27H27N3O3S. The summed E-state index contributed by atoms with van der Waals surface area (Å²) in [7, 11) is 0. The smallest absolute Gasteiger partial charge is 0.271 e. The molecule has 6 nitrogen and oxygen atoms in total. The van der Waals surface area contributed by atoms with Crippen LogP contribution in [0.4, 0.5) is 5.69 Å².